The van der Waals surface area contributed by atoms with Crippen molar-refractivity contribution in [3.63, 3.8) is 0 Å². The first kappa shape index (κ1) is 17.0. The number of H-pyrrole nitrogens is 1. The van der Waals surface area contributed by atoms with Crippen LogP contribution in [0.1, 0.15) is 24.5 Å². The van der Waals surface area contributed by atoms with Gasteiger partial charge in [0.05, 0.1) is 22.6 Å². The van der Waals surface area contributed by atoms with Crippen molar-refractivity contribution in [2.24, 2.45) is 0 Å². The summed E-state index contributed by atoms with van der Waals surface area (Å²) in [4.78, 5) is 52.1. The quantitative estimate of drug-likeness (QED) is 0.388. The molecule has 3 aromatic rings. The molecule has 26 heavy (non-hydrogen) atoms. The molecule has 0 unspecified atom stereocenters. The first-order chi connectivity index (χ1) is 12.3. The molecular formula is C14H12N6O6. The Morgan fingerprint density at radius 2 is 2.15 bits per heavy atom. The van der Waals surface area contributed by atoms with Crippen LogP contribution in [-0.4, -0.2) is 43.0 Å². The van der Waals surface area contributed by atoms with Gasteiger partial charge in [0, 0.05) is 13.0 Å². The molecule has 2 aromatic heterocycles. The van der Waals surface area contributed by atoms with E-state index in [1.165, 1.54) is 13.0 Å². The number of anilines is 1. The highest BCUT2D eigenvalue weighted by molar-refractivity contribution is 5.96. The van der Waals surface area contributed by atoms with E-state index in [9.17, 15) is 24.5 Å². The number of esters is 1. The summed E-state index contributed by atoms with van der Waals surface area (Å²) in [5, 5.41) is 17.5. The van der Waals surface area contributed by atoms with Gasteiger partial charge < -0.3 is 15.0 Å². The zero-order valence-electron chi connectivity index (χ0n) is 13.6. The molecule has 0 radical (unpaired) electrons. The van der Waals surface area contributed by atoms with E-state index in [2.05, 4.69) is 20.4 Å². The molecule has 3 rings (SSSR count). The Morgan fingerprint density at radius 3 is 2.77 bits per heavy atom. The molecule has 1 amide bonds. The van der Waals surface area contributed by atoms with Crippen molar-refractivity contribution in [2.75, 3.05) is 11.9 Å². The number of rotatable bonds is 4. The van der Waals surface area contributed by atoms with Crippen LogP contribution >= 0.6 is 0 Å². The number of aromatic nitrogens is 4. The maximum Gasteiger partial charge on any atom is 0.378 e. The SMILES string of the molecule is CCOC(=O)c1nc2c(=O)[nH]c3cc([N+](=O)[O-])c(NC(C)=O)cc3n2n1. The highest BCUT2D eigenvalue weighted by Crippen LogP contribution is 2.29. The number of carbonyl (C=O) groups excluding carboxylic acids is 2. The fourth-order valence-electron chi connectivity index (χ4n) is 2.38. The van der Waals surface area contributed by atoms with Gasteiger partial charge in [0.15, 0.2) is 0 Å². The zero-order valence-corrected chi connectivity index (χ0v) is 13.6. The molecule has 12 nitrogen and oxygen atoms in total. The normalized spacial score (nSPS) is 10.8. The van der Waals surface area contributed by atoms with E-state index in [4.69, 9.17) is 4.74 Å². The standard InChI is InChI=1S/C14H12N6O6/c1-3-26-14(23)11-17-12-13(22)16-7-5-10(20(24)25)8(15-6(2)21)4-9(7)19(12)18-11/h4-5H,3H2,1-2H3,(H,15,21)(H,16,22). The molecule has 2 heterocycles. The van der Waals surface area contributed by atoms with Gasteiger partial charge in [-0.1, -0.05) is 0 Å². The molecule has 0 atom stereocenters. The summed E-state index contributed by atoms with van der Waals surface area (Å²) < 4.78 is 5.87. The van der Waals surface area contributed by atoms with E-state index < -0.39 is 28.0 Å². The summed E-state index contributed by atoms with van der Waals surface area (Å²) in [6, 6.07) is 2.36. The summed E-state index contributed by atoms with van der Waals surface area (Å²) in [7, 11) is 0. The van der Waals surface area contributed by atoms with Gasteiger partial charge >= 0.3 is 5.97 Å². The number of carbonyl (C=O) groups is 2. The number of hydrogen-bond donors (Lipinski definition) is 2. The van der Waals surface area contributed by atoms with Crippen LogP contribution in [0.15, 0.2) is 16.9 Å². The molecule has 0 fully saturated rings. The molecule has 1 aromatic carbocycles. The van der Waals surface area contributed by atoms with E-state index in [-0.39, 0.29) is 34.8 Å². The van der Waals surface area contributed by atoms with E-state index in [1.54, 1.807) is 6.92 Å². The molecule has 2 N–H and O–H groups in total. The van der Waals surface area contributed by atoms with Crippen LogP contribution in [0.4, 0.5) is 11.4 Å². The summed E-state index contributed by atoms with van der Waals surface area (Å²) in [6.45, 7) is 2.91. The molecule has 0 aliphatic carbocycles. The molecule has 0 aliphatic heterocycles. The topological polar surface area (TPSA) is 162 Å². The Balaban J connectivity index is 2.33. The zero-order chi connectivity index (χ0) is 19.0. The maximum atomic E-state index is 12.2. The van der Waals surface area contributed by atoms with Crippen molar-refractivity contribution in [1.29, 1.82) is 0 Å². The minimum atomic E-state index is -0.812. The lowest BCUT2D eigenvalue weighted by molar-refractivity contribution is -0.383. The van der Waals surface area contributed by atoms with Gasteiger partial charge in [0.1, 0.15) is 5.69 Å². The Kier molecular flexibility index (Phi) is 4.08. The number of nitro groups is 1. The number of hydrogen-bond acceptors (Lipinski definition) is 8. The van der Waals surface area contributed by atoms with Crippen LogP contribution in [0.3, 0.4) is 0 Å². The molecule has 0 bridgehead atoms. The lowest BCUT2D eigenvalue weighted by Crippen LogP contribution is -2.13. The number of fused-ring (bicyclic) bond motifs is 3. The van der Waals surface area contributed by atoms with Gasteiger partial charge in [-0.15, -0.1) is 5.10 Å². The monoisotopic (exact) mass is 360 g/mol. The molecule has 134 valence electrons. The smallest absolute Gasteiger partial charge is 0.378 e. The second-order valence-corrected chi connectivity index (χ2v) is 5.17. The van der Waals surface area contributed by atoms with Gasteiger partial charge in [-0.25, -0.2) is 9.31 Å². The highest BCUT2D eigenvalue weighted by atomic mass is 16.6. The minimum Gasteiger partial charge on any atom is -0.460 e. The van der Waals surface area contributed by atoms with Crippen molar-refractivity contribution in [2.45, 2.75) is 13.8 Å². The summed E-state index contributed by atoms with van der Waals surface area (Å²) in [6.07, 6.45) is 0. The van der Waals surface area contributed by atoms with E-state index in [0.29, 0.717) is 0 Å². The van der Waals surface area contributed by atoms with Crippen molar-refractivity contribution < 1.29 is 19.2 Å². The third-order valence-electron chi connectivity index (χ3n) is 3.37. The van der Waals surface area contributed by atoms with Crippen molar-refractivity contribution >= 4 is 39.9 Å². The third-order valence-corrected chi connectivity index (χ3v) is 3.37. The van der Waals surface area contributed by atoms with Crippen LogP contribution in [-0.2, 0) is 9.53 Å². The first-order valence-corrected chi connectivity index (χ1v) is 7.37. The predicted octanol–water partition coefficient (Wildman–Crippen LogP) is 0.614. The van der Waals surface area contributed by atoms with E-state index in [0.717, 1.165) is 10.6 Å². The summed E-state index contributed by atoms with van der Waals surface area (Å²) in [5.74, 6) is -1.66. The number of ether oxygens (including phenoxy) is 1. The van der Waals surface area contributed by atoms with Gasteiger partial charge in [-0.3, -0.25) is 19.7 Å². The molecule has 12 heteroatoms. The van der Waals surface area contributed by atoms with Crippen LogP contribution < -0.4 is 10.9 Å². The van der Waals surface area contributed by atoms with Gasteiger partial charge in [-0.05, 0) is 13.0 Å². The third kappa shape index (κ3) is 2.83. The lowest BCUT2D eigenvalue weighted by Gasteiger charge is -2.06. The van der Waals surface area contributed by atoms with Crippen LogP contribution in [0.5, 0.6) is 0 Å². The van der Waals surface area contributed by atoms with Crippen molar-refractivity contribution in [1.82, 2.24) is 19.6 Å². The fourth-order valence-corrected chi connectivity index (χ4v) is 2.38. The van der Waals surface area contributed by atoms with Gasteiger partial charge in [-0.2, -0.15) is 4.98 Å². The minimum absolute atomic E-state index is 0.0865. The van der Waals surface area contributed by atoms with Crippen LogP contribution in [0, 0.1) is 10.1 Å². The average Bonchev–Trinajstić information content (AvgIpc) is 3.01. The average molecular weight is 360 g/mol. The molecule has 0 saturated carbocycles. The number of amides is 1. The second-order valence-electron chi connectivity index (χ2n) is 5.17. The predicted molar refractivity (Wildman–Crippen MR) is 88.0 cm³/mol. The molecule has 0 spiro atoms. The molecular weight excluding hydrogens is 348 g/mol. The Labute approximate surface area is 143 Å². The largest absolute Gasteiger partial charge is 0.460 e. The Bertz CT molecular complexity index is 1130. The molecule has 0 saturated heterocycles. The highest BCUT2D eigenvalue weighted by Gasteiger charge is 2.21. The van der Waals surface area contributed by atoms with Gasteiger partial charge in [0.25, 0.3) is 17.1 Å². The van der Waals surface area contributed by atoms with Gasteiger partial charge in [0.2, 0.25) is 11.6 Å². The van der Waals surface area contributed by atoms with E-state index in [1.807, 2.05) is 0 Å². The number of nitro benzene ring substituents is 1. The van der Waals surface area contributed by atoms with Crippen molar-refractivity contribution in [3.8, 4) is 0 Å². The Hall–Kier alpha value is -3.83. The second kappa shape index (κ2) is 6.23. The van der Waals surface area contributed by atoms with Crippen LogP contribution in [0.2, 0.25) is 0 Å². The maximum absolute atomic E-state index is 12.2. The van der Waals surface area contributed by atoms with Crippen LogP contribution in [0.25, 0.3) is 16.7 Å². The number of nitrogens with zero attached hydrogens (tertiary/aromatic N) is 4. The lowest BCUT2D eigenvalue weighted by atomic mass is 10.2. The first-order valence-electron chi connectivity index (χ1n) is 7.37. The Morgan fingerprint density at radius 1 is 1.42 bits per heavy atom. The number of benzene rings is 1. The fraction of sp³-hybridized carbons (Fsp3) is 0.214. The number of aromatic amines is 1. The van der Waals surface area contributed by atoms with Crippen molar-refractivity contribution in [3.05, 3.63) is 38.4 Å². The van der Waals surface area contributed by atoms with E-state index >= 15 is 0 Å². The summed E-state index contributed by atoms with van der Waals surface area (Å²) >= 11 is 0. The summed E-state index contributed by atoms with van der Waals surface area (Å²) in [5.41, 5.74) is -1.09. The number of nitrogens with one attached hydrogen (secondary N) is 2. The molecule has 0 aliphatic rings.